The van der Waals surface area contributed by atoms with Crippen LogP contribution >= 0.6 is 46.2 Å². The molecule has 230 valence electrons. The summed E-state index contributed by atoms with van der Waals surface area (Å²) in [7, 11) is 0. The van der Waals surface area contributed by atoms with Gasteiger partial charge in [-0.2, -0.15) is 23.5 Å². The van der Waals surface area contributed by atoms with Crippen molar-refractivity contribution in [2.75, 3.05) is 59.0 Å². The maximum atomic E-state index is 14.4. The Morgan fingerprint density at radius 1 is 0.565 bits per heavy atom. The molecule has 0 saturated carbocycles. The van der Waals surface area contributed by atoms with Crippen LogP contribution in [0.15, 0.2) is 58.6 Å². The number of hydrogen-bond donors (Lipinski definition) is 0. The van der Waals surface area contributed by atoms with Crippen LogP contribution in [0.2, 0.25) is 0 Å². The Kier molecular flexibility index (Phi) is 6.91. The molecular weight excluding hydrogens is 661 g/mol. The van der Waals surface area contributed by atoms with Gasteiger partial charge < -0.3 is 9.80 Å². The topological polar surface area (TPSA) is 128 Å². The van der Waals surface area contributed by atoms with Gasteiger partial charge in [0.25, 0.3) is 11.1 Å². The van der Waals surface area contributed by atoms with Crippen molar-refractivity contribution in [1.29, 1.82) is 0 Å². The largest absolute Gasteiger partial charge is 0.340 e. The third-order valence-electron chi connectivity index (χ3n) is 8.16. The van der Waals surface area contributed by atoms with Gasteiger partial charge in [-0.05, 0) is 18.2 Å². The van der Waals surface area contributed by atoms with Crippen LogP contribution in [0.4, 0.5) is 11.9 Å². The van der Waals surface area contributed by atoms with Crippen LogP contribution in [0.1, 0.15) is 0 Å². The Balaban J connectivity index is 1.29. The molecule has 12 nitrogen and oxygen atoms in total. The Labute approximate surface area is 277 Å². The van der Waals surface area contributed by atoms with Crippen molar-refractivity contribution in [1.82, 2.24) is 39.0 Å². The van der Waals surface area contributed by atoms with Gasteiger partial charge in [-0.15, -0.1) is 22.7 Å². The predicted molar refractivity (Wildman–Crippen MR) is 189 cm³/mol. The Bertz CT molecular complexity index is 2260. The lowest BCUT2D eigenvalue weighted by molar-refractivity contribution is 0.777. The number of hydrogen-bond acceptors (Lipinski definition) is 14. The molecule has 7 aromatic rings. The molecule has 0 amide bonds. The lowest BCUT2D eigenvalue weighted by Gasteiger charge is -2.30. The molecule has 2 saturated heterocycles. The van der Waals surface area contributed by atoms with Gasteiger partial charge >= 0.3 is 0 Å². The van der Waals surface area contributed by atoms with Gasteiger partial charge in [0.05, 0.1) is 11.4 Å². The highest BCUT2D eigenvalue weighted by Crippen LogP contribution is 2.33. The average Bonchev–Trinajstić information content (AvgIpc) is 3.68. The van der Waals surface area contributed by atoms with Crippen molar-refractivity contribution in [3.8, 4) is 11.4 Å². The molecular formula is C30H24N10O2S4. The minimum Gasteiger partial charge on any atom is -0.340 e. The van der Waals surface area contributed by atoms with E-state index in [1.807, 2.05) is 47.8 Å². The summed E-state index contributed by atoms with van der Waals surface area (Å²) in [4.78, 5) is 62.6. The Morgan fingerprint density at radius 2 is 1.00 bits per heavy atom. The van der Waals surface area contributed by atoms with Gasteiger partial charge in [0.15, 0.2) is 0 Å². The van der Waals surface area contributed by atoms with E-state index in [2.05, 4.69) is 29.7 Å². The van der Waals surface area contributed by atoms with Gasteiger partial charge in [-0.25, -0.2) is 39.0 Å². The highest BCUT2D eigenvalue weighted by atomic mass is 32.2. The van der Waals surface area contributed by atoms with E-state index >= 15 is 0 Å². The van der Waals surface area contributed by atoms with Gasteiger partial charge in [0.1, 0.15) is 41.1 Å². The first kappa shape index (κ1) is 28.1. The highest BCUT2D eigenvalue weighted by molar-refractivity contribution is 7.99. The molecule has 46 heavy (non-hydrogen) atoms. The molecule has 8 heterocycles. The minimum atomic E-state index is -0.184. The summed E-state index contributed by atoms with van der Waals surface area (Å²) in [5, 5.41) is 0. The summed E-state index contributed by atoms with van der Waals surface area (Å²) >= 11 is 6.39. The van der Waals surface area contributed by atoms with Crippen LogP contribution in [0.5, 0.6) is 0 Å². The molecule has 0 spiro atoms. The zero-order valence-corrected chi connectivity index (χ0v) is 27.5. The van der Waals surface area contributed by atoms with Crippen molar-refractivity contribution >= 4 is 99.2 Å². The van der Waals surface area contributed by atoms with Crippen molar-refractivity contribution in [3.63, 3.8) is 0 Å². The highest BCUT2D eigenvalue weighted by Gasteiger charge is 2.26. The molecule has 0 N–H and O–H groups in total. The summed E-state index contributed by atoms with van der Waals surface area (Å²) < 4.78 is 4.36. The molecule has 1 aromatic carbocycles. The summed E-state index contributed by atoms with van der Waals surface area (Å²) in [6.45, 7) is 3.06. The smallest absolute Gasteiger partial charge is 0.277 e. The van der Waals surface area contributed by atoms with E-state index in [4.69, 9.17) is 9.97 Å². The second kappa shape index (κ2) is 11.3. The number of thioether (sulfide) groups is 2. The number of anilines is 2. The van der Waals surface area contributed by atoms with Gasteiger partial charge in [-0.1, -0.05) is 6.07 Å². The molecule has 0 atom stereocenters. The SMILES string of the molecule is O=c1c2sc3nccnc3c2nc(N2CCSCC2)n1-c1cccc(-n2c(N3CCSCC3)nc3c(sc4nccnc43)c2=O)c1. The maximum absolute atomic E-state index is 14.4. The van der Waals surface area contributed by atoms with E-state index in [0.717, 1.165) is 49.2 Å². The summed E-state index contributed by atoms with van der Waals surface area (Å²) in [5.74, 6) is 4.89. The van der Waals surface area contributed by atoms with Crippen molar-refractivity contribution in [2.24, 2.45) is 0 Å². The van der Waals surface area contributed by atoms with E-state index in [1.54, 1.807) is 33.9 Å². The average molecular weight is 685 g/mol. The van der Waals surface area contributed by atoms with Crippen molar-refractivity contribution in [3.05, 3.63) is 69.8 Å². The minimum absolute atomic E-state index is 0.184. The standard InChI is InChI=1S/C30H24N10O2S4/c41-27-23-19(21-25(45-23)33-6-4-31-21)35-29(37-8-12-43-13-9-37)39(27)17-2-1-3-18(16-17)40-28(42)24-20(22-26(46-24)34-7-5-32-22)36-30(40)38-10-14-44-15-11-38/h1-7,16H,8-15H2. The fraction of sp³-hybridized carbons (Fsp3) is 0.267. The lowest BCUT2D eigenvalue weighted by Crippen LogP contribution is -2.38. The third kappa shape index (κ3) is 4.49. The van der Waals surface area contributed by atoms with E-state index in [0.29, 0.717) is 64.4 Å². The fourth-order valence-corrected chi connectivity index (χ4v) is 9.75. The summed E-state index contributed by atoms with van der Waals surface area (Å²) in [5.41, 5.74) is 3.29. The van der Waals surface area contributed by atoms with E-state index in [-0.39, 0.29) is 11.1 Å². The number of aromatic nitrogens is 8. The molecule has 16 heteroatoms. The predicted octanol–water partition coefficient (Wildman–Crippen LogP) is 4.20. The normalized spacial score (nSPS) is 15.9. The van der Waals surface area contributed by atoms with Crippen LogP contribution in [-0.2, 0) is 0 Å². The van der Waals surface area contributed by atoms with Crippen LogP contribution < -0.4 is 20.9 Å². The molecule has 2 aliphatic heterocycles. The first-order chi connectivity index (χ1) is 22.7. The molecule has 0 bridgehead atoms. The number of fused-ring (bicyclic) bond motifs is 6. The quantitative estimate of drug-likeness (QED) is 0.264. The number of nitrogens with zero attached hydrogens (tertiary/aromatic N) is 10. The molecule has 0 radical (unpaired) electrons. The van der Waals surface area contributed by atoms with E-state index < -0.39 is 0 Å². The van der Waals surface area contributed by atoms with Gasteiger partial charge in [-0.3, -0.25) is 9.59 Å². The summed E-state index contributed by atoms with van der Waals surface area (Å²) in [6, 6.07) is 7.56. The van der Waals surface area contributed by atoms with Crippen molar-refractivity contribution < 1.29 is 0 Å². The van der Waals surface area contributed by atoms with E-state index in [9.17, 15) is 9.59 Å². The third-order valence-corrected chi connectivity index (χ3v) is 12.2. The molecule has 0 unspecified atom stereocenters. The molecule has 9 rings (SSSR count). The molecule has 0 aliphatic carbocycles. The number of thiophene rings is 2. The van der Waals surface area contributed by atoms with Gasteiger partial charge in [0, 0.05) is 74.0 Å². The first-order valence-corrected chi connectivity index (χ1v) is 18.7. The summed E-state index contributed by atoms with van der Waals surface area (Å²) in [6.07, 6.45) is 6.53. The molecule has 6 aromatic heterocycles. The fourth-order valence-electron chi connectivity index (χ4n) is 6.00. The van der Waals surface area contributed by atoms with Crippen LogP contribution in [0.25, 0.3) is 52.5 Å². The zero-order chi connectivity index (χ0) is 30.8. The Morgan fingerprint density at radius 3 is 1.46 bits per heavy atom. The van der Waals surface area contributed by atoms with E-state index in [1.165, 1.54) is 22.7 Å². The lowest BCUT2D eigenvalue weighted by atomic mass is 10.2. The maximum Gasteiger partial charge on any atom is 0.277 e. The number of benzene rings is 1. The molecule has 2 fully saturated rings. The van der Waals surface area contributed by atoms with Gasteiger partial charge in [0.2, 0.25) is 11.9 Å². The Hall–Kier alpha value is -4.12. The zero-order valence-electron chi connectivity index (χ0n) is 24.2. The second-order valence-corrected chi connectivity index (χ2v) is 15.3. The second-order valence-electron chi connectivity index (χ2n) is 10.8. The van der Waals surface area contributed by atoms with Crippen LogP contribution in [0, 0.1) is 0 Å². The van der Waals surface area contributed by atoms with Crippen molar-refractivity contribution in [2.45, 2.75) is 0 Å². The number of rotatable bonds is 4. The monoisotopic (exact) mass is 684 g/mol. The van der Waals surface area contributed by atoms with Crippen LogP contribution in [0.3, 0.4) is 0 Å². The molecule has 2 aliphatic rings. The first-order valence-electron chi connectivity index (χ1n) is 14.7. The van der Waals surface area contributed by atoms with Crippen LogP contribution in [-0.4, -0.2) is 88.2 Å².